The summed E-state index contributed by atoms with van der Waals surface area (Å²) in [6.45, 7) is 0. The Morgan fingerprint density at radius 1 is 0.235 bits per heavy atom. The molecule has 0 N–H and O–H groups in total. The summed E-state index contributed by atoms with van der Waals surface area (Å²) in [5.41, 5.74) is 9.27. The van der Waals surface area contributed by atoms with Crippen LogP contribution in [0.5, 0.6) is 0 Å². The minimum atomic E-state index is 0.921. The van der Waals surface area contributed by atoms with E-state index >= 15 is 0 Å². The Morgan fingerprint density at radius 3 is 1.37 bits per heavy atom. The molecule has 0 aliphatic heterocycles. The zero-order valence-corrected chi connectivity index (χ0v) is 27.7. The monoisotopic (exact) mass is 646 g/mol. The second-order valence-corrected chi connectivity index (χ2v) is 13.6. The van der Waals surface area contributed by atoms with Crippen LogP contribution in [0.3, 0.4) is 0 Å². The predicted molar refractivity (Wildman–Crippen MR) is 218 cm³/mol. The van der Waals surface area contributed by atoms with Crippen LogP contribution in [0.4, 0.5) is 0 Å². The van der Waals surface area contributed by atoms with Crippen molar-refractivity contribution in [1.29, 1.82) is 0 Å². The molecule has 0 atom stereocenters. The van der Waals surface area contributed by atoms with Gasteiger partial charge in [0.25, 0.3) is 0 Å². The van der Waals surface area contributed by atoms with Gasteiger partial charge in [-0.3, -0.25) is 0 Å². The largest absolute Gasteiger partial charge is 0.456 e. The zero-order valence-electron chi connectivity index (χ0n) is 27.7. The summed E-state index contributed by atoms with van der Waals surface area (Å²) in [5.74, 6) is 0. The molecule has 10 aromatic carbocycles. The van der Waals surface area contributed by atoms with E-state index < -0.39 is 0 Å². The number of para-hydroxylation sites is 1. The molecular formula is C50H30O. The summed E-state index contributed by atoms with van der Waals surface area (Å²) in [5, 5.41) is 14.9. The SMILES string of the molecule is c1ccc2c(c1)ccc1cc(-c3c4ccccc4c(-c4ccc5cc(-c6ccc7oc8ccccc8c7c6)ccc5c4)c4ccccc34)ccc12. The van der Waals surface area contributed by atoms with E-state index in [0.29, 0.717) is 0 Å². The molecule has 0 saturated heterocycles. The van der Waals surface area contributed by atoms with Gasteiger partial charge in [0.1, 0.15) is 11.2 Å². The highest BCUT2D eigenvalue weighted by molar-refractivity contribution is 6.22. The first-order valence-corrected chi connectivity index (χ1v) is 17.6. The smallest absolute Gasteiger partial charge is 0.135 e. The summed E-state index contributed by atoms with van der Waals surface area (Å²) < 4.78 is 6.09. The molecule has 1 heteroatoms. The molecule has 236 valence electrons. The van der Waals surface area contributed by atoms with Crippen LogP contribution < -0.4 is 0 Å². The fourth-order valence-corrected chi connectivity index (χ4v) is 8.41. The fourth-order valence-electron chi connectivity index (χ4n) is 8.41. The number of benzene rings is 10. The summed E-state index contributed by atoms with van der Waals surface area (Å²) in [6.07, 6.45) is 0. The Kier molecular flexibility index (Phi) is 6.02. The van der Waals surface area contributed by atoms with Crippen LogP contribution in [0, 0.1) is 0 Å². The molecule has 0 aliphatic rings. The van der Waals surface area contributed by atoms with Gasteiger partial charge in [0.2, 0.25) is 0 Å². The first kappa shape index (κ1) is 28.2. The van der Waals surface area contributed by atoms with Crippen LogP contribution >= 0.6 is 0 Å². The van der Waals surface area contributed by atoms with Crippen molar-refractivity contribution in [2.75, 3.05) is 0 Å². The van der Waals surface area contributed by atoms with Crippen molar-refractivity contribution in [3.8, 4) is 33.4 Å². The molecule has 1 nitrogen and oxygen atoms in total. The number of hydrogen-bond donors (Lipinski definition) is 0. The minimum Gasteiger partial charge on any atom is -0.456 e. The third-order valence-corrected chi connectivity index (χ3v) is 10.8. The molecule has 1 aromatic heterocycles. The Labute approximate surface area is 294 Å². The Bertz CT molecular complexity index is 3140. The normalized spacial score (nSPS) is 11.9. The lowest BCUT2D eigenvalue weighted by Gasteiger charge is -2.18. The molecule has 0 fully saturated rings. The van der Waals surface area contributed by atoms with E-state index in [1.54, 1.807) is 0 Å². The summed E-state index contributed by atoms with van der Waals surface area (Å²) in [7, 11) is 0. The van der Waals surface area contributed by atoms with E-state index in [9.17, 15) is 0 Å². The standard InChI is InChI=1S/C50H30O/c1-2-10-39-31(9-1)17-21-36-29-38(23-25-40(36)39)50-44-14-5-3-12-42(44)49(43-13-4-6-15-45(43)50)37-22-20-32-27-33(18-19-34(32)28-37)35-24-26-48-46(30-35)41-11-7-8-16-47(41)51-48/h1-30H. The molecule has 11 aromatic rings. The fraction of sp³-hybridized carbons (Fsp3) is 0. The average molecular weight is 647 g/mol. The molecule has 1 heterocycles. The maximum Gasteiger partial charge on any atom is 0.135 e. The van der Waals surface area contributed by atoms with E-state index in [2.05, 4.69) is 170 Å². The van der Waals surface area contributed by atoms with E-state index in [4.69, 9.17) is 4.42 Å². The summed E-state index contributed by atoms with van der Waals surface area (Å²) >= 11 is 0. The molecule has 0 amide bonds. The number of furan rings is 1. The lowest BCUT2D eigenvalue weighted by atomic mass is 9.85. The summed E-state index contributed by atoms with van der Waals surface area (Å²) in [6, 6.07) is 66.5. The second-order valence-electron chi connectivity index (χ2n) is 13.6. The minimum absolute atomic E-state index is 0.921. The van der Waals surface area contributed by atoms with Crippen molar-refractivity contribution in [2.45, 2.75) is 0 Å². The Hall–Kier alpha value is -6.70. The highest BCUT2D eigenvalue weighted by Crippen LogP contribution is 2.45. The van der Waals surface area contributed by atoms with Gasteiger partial charge in [0, 0.05) is 10.8 Å². The van der Waals surface area contributed by atoms with Gasteiger partial charge >= 0.3 is 0 Å². The van der Waals surface area contributed by atoms with Gasteiger partial charge in [-0.05, 0) is 124 Å². The van der Waals surface area contributed by atoms with Crippen molar-refractivity contribution < 1.29 is 4.42 Å². The predicted octanol–water partition coefficient (Wildman–Crippen LogP) is 14.4. The third-order valence-electron chi connectivity index (χ3n) is 10.8. The molecular weight excluding hydrogens is 617 g/mol. The highest BCUT2D eigenvalue weighted by atomic mass is 16.3. The second kappa shape index (κ2) is 10.9. The van der Waals surface area contributed by atoms with Crippen LogP contribution in [0.1, 0.15) is 0 Å². The van der Waals surface area contributed by atoms with E-state index in [0.717, 1.165) is 21.9 Å². The number of hydrogen-bond acceptors (Lipinski definition) is 1. The first-order chi connectivity index (χ1) is 25.3. The lowest BCUT2D eigenvalue weighted by Crippen LogP contribution is -1.91. The van der Waals surface area contributed by atoms with Crippen LogP contribution in [-0.2, 0) is 0 Å². The molecule has 0 bridgehead atoms. The molecule has 0 aliphatic carbocycles. The average Bonchev–Trinajstić information content (AvgIpc) is 3.57. The van der Waals surface area contributed by atoms with Gasteiger partial charge in [-0.2, -0.15) is 0 Å². The Balaban J connectivity index is 1.07. The van der Waals surface area contributed by atoms with Crippen LogP contribution in [-0.4, -0.2) is 0 Å². The highest BCUT2D eigenvalue weighted by Gasteiger charge is 2.17. The van der Waals surface area contributed by atoms with Crippen LogP contribution in [0.15, 0.2) is 186 Å². The van der Waals surface area contributed by atoms with E-state index in [1.807, 2.05) is 12.1 Å². The topological polar surface area (TPSA) is 13.1 Å². The lowest BCUT2D eigenvalue weighted by molar-refractivity contribution is 0.669. The number of fused-ring (bicyclic) bond motifs is 9. The first-order valence-electron chi connectivity index (χ1n) is 17.6. The van der Waals surface area contributed by atoms with E-state index in [-0.39, 0.29) is 0 Å². The molecule has 0 unspecified atom stereocenters. The molecule has 51 heavy (non-hydrogen) atoms. The Morgan fingerprint density at radius 2 is 0.667 bits per heavy atom. The van der Waals surface area contributed by atoms with Crippen molar-refractivity contribution in [2.24, 2.45) is 0 Å². The van der Waals surface area contributed by atoms with Crippen LogP contribution in [0.2, 0.25) is 0 Å². The maximum absolute atomic E-state index is 6.09. The molecule has 0 spiro atoms. The van der Waals surface area contributed by atoms with Gasteiger partial charge in [0.15, 0.2) is 0 Å². The van der Waals surface area contributed by atoms with Crippen molar-refractivity contribution in [3.63, 3.8) is 0 Å². The van der Waals surface area contributed by atoms with Gasteiger partial charge in [-0.1, -0.05) is 146 Å². The maximum atomic E-state index is 6.09. The molecule has 0 saturated carbocycles. The van der Waals surface area contributed by atoms with Gasteiger partial charge in [-0.25, -0.2) is 0 Å². The summed E-state index contributed by atoms with van der Waals surface area (Å²) in [4.78, 5) is 0. The molecule has 0 radical (unpaired) electrons. The van der Waals surface area contributed by atoms with Crippen molar-refractivity contribution in [1.82, 2.24) is 0 Å². The van der Waals surface area contributed by atoms with Gasteiger partial charge in [-0.15, -0.1) is 0 Å². The van der Waals surface area contributed by atoms with Crippen molar-refractivity contribution in [3.05, 3.63) is 182 Å². The quantitative estimate of drug-likeness (QED) is 0.138. The van der Waals surface area contributed by atoms with Crippen LogP contribution in [0.25, 0.3) is 109 Å². The van der Waals surface area contributed by atoms with Crippen molar-refractivity contribution >= 4 is 75.8 Å². The van der Waals surface area contributed by atoms with E-state index in [1.165, 1.54) is 87.2 Å². The zero-order chi connectivity index (χ0) is 33.5. The molecule has 11 rings (SSSR count). The van der Waals surface area contributed by atoms with Gasteiger partial charge in [0.05, 0.1) is 0 Å². The number of rotatable bonds is 3. The third kappa shape index (κ3) is 4.35. The van der Waals surface area contributed by atoms with Gasteiger partial charge < -0.3 is 4.42 Å².